The van der Waals surface area contributed by atoms with Crippen LogP contribution < -0.4 is 10.1 Å². The topological polar surface area (TPSA) is 41.5 Å². The average Bonchev–Trinajstić information content (AvgIpc) is 2.28. The van der Waals surface area contributed by atoms with E-state index in [0.29, 0.717) is 0 Å². The molecule has 0 atom stereocenters. The minimum absolute atomic E-state index is 0.0759. The molecule has 1 rings (SSSR count). The van der Waals surface area contributed by atoms with E-state index in [2.05, 4.69) is 24.4 Å². The monoisotopic (exact) mass is 223 g/mol. The molecular formula is C13H21NO2. The lowest BCUT2D eigenvalue weighted by Crippen LogP contribution is -2.35. The van der Waals surface area contributed by atoms with Gasteiger partial charge in [-0.2, -0.15) is 0 Å². The van der Waals surface area contributed by atoms with E-state index in [0.717, 1.165) is 17.9 Å². The molecule has 0 saturated heterocycles. The van der Waals surface area contributed by atoms with Crippen LogP contribution in [0.5, 0.6) is 5.75 Å². The molecule has 0 aliphatic rings. The fourth-order valence-corrected chi connectivity index (χ4v) is 1.48. The first kappa shape index (κ1) is 12.8. The Morgan fingerprint density at radius 1 is 1.38 bits per heavy atom. The Balaban J connectivity index is 3.00. The summed E-state index contributed by atoms with van der Waals surface area (Å²) in [6.07, 6.45) is 0.984. The minimum atomic E-state index is -0.348. The number of methoxy groups -OCH3 is 1. The third kappa shape index (κ3) is 3.14. The Morgan fingerprint density at radius 3 is 2.56 bits per heavy atom. The van der Waals surface area contributed by atoms with Crippen molar-refractivity contribution in [2.45, 2.75) is 32.7 Å². The largest absolute Gasteiger partial charge is 0.495 e. The van der Waals surface area contributed by atoms with E-state index < -0.39 is 0 Å². The number of benzene rings is 1. The first-order valence-electron chi connectivity index (χ1n) is 5.58. The molecular weight excluding hydrogens is 202 g/mol. The van der Waals surface area contributed by atoms with E-state index in [-0.39, 0.29) is 12.1 Å². The summed E-state index contributed by atoms with van der Waals surface area (Å²) < 4.78 is 5.29. The van der Waals surface area contributed by atoms with Crippen LogP contribution in [0.15, 0.2) is 18.2 Å². The summed E-state index contributed by atoms with van der Waals surface area (Å²) in [6.45, 7) is 6.09. The molecule has 0 spiro atoms. The van der Waals surface area contributed by atoms with E-state index in [1.165, 1.54) is 5.56 Å². The maximum absolute atomic E-state index is 9.24. The van der Waals surface area contributed by atoms with Crippen molar-refractivity contribution in [2.24, 2.45) is 0 Å². The Bertz CT molecular complexity index is 348. The van der Waals surface area contributed by atoms with Gasteiger partial charge in [-0.3, -0.25) is 0 Å². The Hall–Kier alpha value is -1.22. The number of hydrogen-bond donors (Lipinski definition) is 2. The average molecular weight is 223 g/mol. The molecule has 0 saturated carbocycles. The molecule has 3 heteroatoms. The van der Waals surface area contributed by atoms with Crippen LogP contribution in [0.2, 0.25) is 0 Å². The zero-order valence-corrected chi connectivity index (χ0v) is 10.5. The number of hydrogen-bond acceptors (Lipinski definition) is 3. The van der Waals surface area contributed by atoms with E-state index in [9.17, 15) is 5.11 Å². The van der Waals surface area contributed by atoms with Crippen molar-refractivity contribution >= 4 is 5.69 Å². The van der Waals surface area contributed by atoms with Gasteiger partial charge in [0.05, 0.1) is 24.9 Å². The van der Waals surface area contributed by atoms with Gasteiger partial charge in [0.15, 0.2) is 0 Å². The van der Waals surface area contributed by atoms with Gasteiger partial charge in [-0.05, 0) is 38.0 Å². The predicted octanol–water partition coefficient (Wildman–Crippen LogP) is 2.44. The zero-order valence-electron chi connectivity index (χ0n) is 10.5. The summed E-state index contributed by atoms with van der Waals surface area (Å²) in [5.41, 5.74) is 1.83. The van der Waals surface area contributed by atoms with Gasteiger partial charge >= 0.3 is 0 Å². The molecule has 16 heavy (non-hydrogen) atoms. The van der Waals surface area contributed by atoms with Crippen LogP contribution in [0, 0.1) is 0 Å². The van der Waals surface area contributed by atoms with Gasteiger partial charge < -0.3 is 15.2 Å². The first-order valence-corrected chi connectivity index (χ1v) is 5.58. The summed E-state index contributed by atoms with van der Waals surface area (Å²) in [5.74, 6) is 0.804. The standard InChI is InChI=1S/C13H21NO2/c1-5-10-6-7-12(16-4)11(8-10)14-13(2,3)9-15/h6-8,14-15H,5,9H2,1-4H3. The number of ether oxygens (including phenoxy) is 1. The second kappa shape index (κ2) is 5.21. The molecule has 0 bridgehead atoms. The Morgan fingerprint density at radius 2 is 2.06 bits per heavy atom. The summed E-state index contributed by atoms with van der Waals surface area (Å²) >= 11 is 0. The molecule has 0 aliphatic carbocycles. The summed E-state index contributed by atoms with van der Waals surface area (Å²) in [4.78, 5) is 0. The molecule has 0 unspecified atom stereocenters. The lowest BCUT2D eigenvalue weighted by atomic mass is 10.1. The Labute approximate surface area is 97.4 Å². The number of anilines is 1. The zero-order chi connectivity index (χ0) is 12.2. The van der Waals surface area contributed by atoms with Crippen molar-refractivity contribution < 1.29 is 9.84 Å². The second-order valence-corrected chi connectivity index (χ2v) is 4.56. The highest BCUT2D eigenvalue weighted by Gasteiger charge is 2.17. The van der Waals surface area contributed by atoms with Gasteiger partial charge in [-0.15, -0.1) is 0 Å². The molecule has 0 fully saturated rings. The van der Waals surface area contributed by atoms with Crippen molar-refractivity contribution in [3.8, 4) is 5.75 Å². The quantitative estimate of drug-likeness (QED) is 0.805. The molecule has 0 aliphatic heterocycles. The molecule has 0 amide bonds. The first-order chi connectivity index (χ1) is 7.52. The lowest BCUT2D eigenvalue weighted by Gasteiger charge is -2.26. The molecule has 0 aromatic heterocycles. The number of aliphatic hydroxyl groups excluding tert-OH is 1. The molecule has 2 N–H and O–H groups in total. The van der Waals surface area contributed by atoms with Crippen molar-refractivity contribution in [1.29, 1.82) is 0 Å². The predicted molar refractivity (Wildman–Crippen MR) is 67.2 cm³/mol. The highest BCUT2D eigenvalue weighted by Crippen LogP contribution is 2.28. The van der Waals surface area contributed by atoms with Crippen LogP contribution in [-0.4, -0.2) is 24.4 Å². The van der Waals surface area contributed by atoms with Gasteiger partial charge in [-0.25, -0.2) is 0 Å². The molecule has 90 valence electrons. The third-order valence-electron chi connectivity index (χ3n) is 2.54. The minimum Gasteiger partial charge on any atom is -0.495 e. The van der Waals surface area contributed by atoms with E-state index in [4.69, 9.17) is 4.74 Å². The summed E-state index contributed by atoms with van der Waals surface area (Å²) in [5, 5.41) is 12.5. The highest BCUT2D eigenvalue weighted by molar-refractivity contribution is 5.59. The molecule has 0 radical (unpaired) electrons. The summed E-state index contributed by atoms with van der Waals surface area (Å²) in [7, 11) is 1.65. The molecule has 1 aromatic rings. The summed E-state index contributed by atoms with van der Waals surface area (Å²) in [6, 6.07) is 6.07. The number of rotatable bonds is 5. The maximum Gasteiger partial charge on any atom is 0.141 e. The van der Waals surface area contributed by atoms with Gasteiger partial charge in [0, 0.05) is 0 Å². The van der Waals surface area contributed by atoms with Crippen molar-refractivity contribution in [3.63, 3.8) is 0 Å². The van der Waals surface area contributed by atoms with Crippen LogP contribution in [0.1, 0.15) is 26.3 Å². The fourth-order valence-electron chi connectivity index (χ4n) is 1.48. The number of aryl methyl sites for hydroxylation is 1. The Kier molecular flexibility index (Phi) is 4.19. The normalized spacial score (nSPS) is 11.3. The SMILES string of the molecule is CCc1ccc(OC)c(NC(C)(C)CO)c1. The number of aliphatic hydroxyl groups is 1. The van der Waals surface area contributed by atoms with Gasteiger partial charge in [-0.1, -0.05) is 13.0 Å². The van der Waals surface area contributed by atoms with Crippen molar-refractivity contribution in [3.05, 3.63) is 23.8 Å². The van der Waals surface area contributed by atoms with Crippen LogP contribution in [-0.2, 0) is 6.42 Å². The van der Waals surface area contributed by atoms with Gasteiger partial charge in [0.2, 0.25) is 0 Å². The van der Waals surface area contributed by atoms with Gasteiger partial charge in [0.1, 0.15) is 5.75 Å². The smallest absolute Gasteiger partial charge is 0.141 e. The van der Waals surface area contributed by atoms with Crippen LogP contribution in [0.4, 0.5) is 5.69 Å². The highest BCUT2D eigenvalue weighted by atomic mass is 16.5. The third-order valence-corrected chi connectivity index (χ3v) is 2.54. The van der Waals surface area contributed by atoms with Gasteiger partial charge in [0.25, 0.3) is 0 Å². The van der Waals surface area contributed by atoms with E-state index >= 15 is 0 Å². The number of nitrogens with one attached hydrogen (secondary N) is 1. The fraction of sp³-hybridized carbons (Fsp3) is 0.538. The second-order valence-electron chi connectivity index (χ2n) is 4.56. The molecule has 1 aromatic carbocycles. The molecule has 3 nitrogen and oxygen atoms in total. The van der Waals surface area contributed by atoms with Crippen molar-refractivity contribution in [1.82, 2.24) is 0 Å². The molecule has 0 heterocycles. The lowest BCUT2D eigenvalue weighted by molar-refractivity contribution is 0.234. The van der Waals surface area contributed by atoms with Crippen LogP contribution in [0.25, 0.3) is 0 Å². The maximum atomic E-state index is 9.24. The van der Waals surface area contributed by atoms with E-state index in [1.807, 2.05) is 19.9 Å². The van der Waals surface area contributed by atoms with Crippen LogP contribution in [0.3, 0.4) is 0 Å². The van der Waals surface area contributed by atoms with Crippen molar-refractivity contribution in [2.75, 3.05) is 19.0 Å². The van der Waals surface area contributed by atoms with E-state index in [1.54, 1.807) is 7.11 Å². The van der Waals surface area contributed by atoms with Crippen LogP contribution >= 0.6 is 0 Å².